The molecule has 0 spiro atoms. The Hall–Kier alpha value is -0.390. The number of piperidine rings is 1. The summed E-state index contributed by atoms with van der Waals surface area (Å²) in [5.74, 6) is 0. The van der Waals surface area contributed by atoms with Gasteiger partial charge in [-0.3, -0.25) is 4.68 Å². The highest BCUT2D eigenvalue weighted by Crippen LogP contribution is 2.21. The van der Waals surface area contributed by atoms with Crippen molar-refractivity contribution >= 4 is 15.9 Å². The van der Waals surface area contributed by atoms with Crippen LogP contribution in [0.1, 0.15) is 37.6 Å². The first-order valence-corrected chi connectivity index (χ1v) is 8.15. The molecule has 0 atom stereocenters. The normalized spacial score (nSPS) is 17.0. The summed E-state index contributed by atoms with van der Waals surface area (Å²) >= 11 is 3.66. The fraction of sp³-hybridized carbons (Fsp3) is 0.786. The van der Waals surface area contributed by atoms with Gasteiger partial charge in [0.2, 0.25) is 0 Å². The average Bonchev–Trinajstić information content (AvgIpc) is 2.71. The van der Waals surface area contributed by atoms with E-state index in [1.165, 1.54) is 42.5 Å². The predicted molar refractivity (Wildman–Crippen MR) is 82.3 cm³/mol. The molecule has 1 aliphatic heterocycles. The van der Waals surface area contributed by atoms with Crippen LogP contribution in [0, 0.1) is 0 Å². The van der Waals surface area contributed by atoms with Crippen molar-refractivity contribution < 1.29 is 0 Å². The van der Waals surface area contributed by atoms with Crippen molar-refractivity contribution in [1.29, 1.82) is 0 Å². The fourth-order valence-corrected chi connectivity index (χ4v) is 3.40. The highest BCUT2D eigenvalue weighted by atomic mass is 79.9. The summed E-state index contributed by atoms with van der Waals surface area (Å²) in [4.78, 5) is 2.56. The van der Waals surface area contributed by atoms with Crippen molar-refractivity contribution in [2.45, 2.75) is 39.2 Å². The maximum Gasteiger partial charge on any atom is 0.0767 e. The number of rotatable bonds is 6. The van der Waals surface area contributed by atoms with Gasteiger partial charge in [0.1, 0.15) is 0 Å². The van der Waals surface area contributed by atoms with Crippen molar-refractivity contribution in [3.8, 4) is 0 Å². The van der Waals surface area contributed by atoms with Gasteiger partial charge in [-0.05, 0) is 48.3 Å². The third-order valence-electron chi connectivity index (χ3n) is 3.85. The molecule has 0 aliphatic carbocycles. The smallest absolute Gasteiger partial charge is 0.0767 e. The van der Waals surface area contributed by atoms with Crippen LogP contribution >= 0.6 is 15.9 Å². The summed E-state index contributed by atoms with van der Waals surface area (Å²) in [7, 11) is 2.02. The summed E-state index contributed by atoms with van der Waals surface area (Å²) in [6.07, 6.45) is 5.12. The van der Waals surface area contributed by atoms with Crippen LogP contribution in [0.25, 0.3) is 0 Å². The summed E-state index contributed by atoms with van der Waals surface area (Å²) in [5, 5.41) is 8.05. The molecule has 0 amide bonds. The molecule has 1 saturated heterocycles. The van der Waals surface area contributed by atoms with E-state index in [0.717, 1.165) is 31.7 Å². The Bertz CT molecular complexity index is 396. The van der Waals surface area contributed by atoms with Crippen LogP contribution in [0.5, 0.6) is 0 Å². The lowest BCUT2D eigenvalue weighted by molar-refractivity contribution is 0.228. The molecule has 5 heteroatoms. The largest absolute Gasteiger partial charge is 0.310 e. The van der Waals surface area contributed by atoms with Crippen LogP contribution in [-0.2, 0) is 20.0 Å². The van der Waals surface area contributed by atoms with Crippen molar-refractivity contribution in [1.82, 2.24) is 20.0 Å². The Labute approximate surface area is 124 Å². The second kappa shape index (κ2) is 7.41. The van der Waals surface area contributed by atoms with E-state index < -0.39 is 0 Å². The third-order valence-corrected chi connectivity index (χ3v) is 4.76. The Kier molecular flexibility index (Phi) is 5.85. The summed E-state index contributed by atoms with van der Waals surface area (Å²) in [5.41, 5.74) is 2.39. The first-order valence-electron chi connectivity index (χ1n) is 7.35. The van der Waals surface area contributed by atoms with E-state index in [0.29, 0.717) is 0 Å². The molecule has 1 aromatic heterocycles. The Morgan fingerprint density at radius 2 is 2.00 bits per heavy atom. The first-order chi connectivity index (χ1) is 9.22. The molecular formula is C14H25BrN4. The van der Waals surface area contributed by atoms with Crippen molar-refractivity contribution in [2.75, 3.05) is 26.2 Å². The topological polar surface area (TPSA) is 33.1 Å². The summed E-state index contributed by atoms with van der Waals surface area (Å²) < 4.78 is 3.15. The molecule has 2 rings (SSSR count). The van der Waals surface area contributed by atoms with Gasteiger partial charge in [0.05, 0.1) is 15.9 Å². The maximum absolute atomic E-state index is 4.52. The number of nitrogens with one attached hydrogen (secondary N) is 1. The van der Waals surface area contributed by atoms with Gasteiger partial charge in [0.15, 0.2) is 0 Å². The Balaban J connectivity index is 1.74. The molecule has 1 N–H and O–H groups in total. The second-order valence-electron chi connectivity index (χ2n) is 5.26. The monoisotopic (exact) mass is 328 g/mol. The van der Waals surface area contributed by atoms with Gasteiger partial charge in [-0.25, -0.2) is 0 Å². The minimum atomic E-state index is 0.887. The number of likely N-dealkylation sites (tertiary alicyclic amines) is 1. The molecule has 0 radical (unpaired) electrons. The molecule has 19 heavy (non-hydrogen) atoms. The first kappa shape index (κ1) is 15.0. The number of halogens is 1. The van der Waals surface area contributed by atoms with E-state index in [4.69, 9.17) is 0 Å². The Morgan fingerprint density at radius 1 is 1.26 bits per heavy atom. The predicted octanol–water partition coefficient (Wildman–Crippen LogP) is 2.32. The van der Waals surface area contributed by atoms with Crippen LogP contribution in [0.2, 0.25) is 0 Å². The molecule has 1 fully saturated rings. The quantitative estimate of drug-likeness (QED) is 0.813. The molecule has 0 aromatic carbocycles. The van der Waals surface area contributed by atoms with Crippen LogP contribution in [0.15, 0.2) is 4.47 Å². The number of aryl methyl sites for hydroxylation is 2. The zero-order valence-corrected chi connectivity index (χ0v) is 13.7. The fourth-order valence-electron chi connectivity index (χ4n) is 2.64. The molecule has 0 unspecified atom stereocenters. The van der Waals surface area contributed by atoms with Crippen molar-refractivity contribution in [2.24, 2.45) is 7.05 Å². The van der Waals surface area contributed by atoms with Crippen LogP contribution < -0.4 is 5.32 Å². The van der Waals surface area contributed by atoms with Crippen molar-refractivity contribution in [3.63, 3.8) is 0 Å². The van der Waals surface area contributed by atoms with Gasteiger partial charge >= 0.3 is 0 Å². The van der Waals surface area contributed by atoms with Gasteiger partial charge in [0.25, 0.3) is 0 Å². The number of nitrogens with zero attached hydrogens (tertiary/aromatic N) is 3. The standard InChI is InChI=1S/C14H25BrN4/c1-3-12-14(15)13(18(2)17-12)11-16-7-10-19-8-5-4-6-9-19/h16H,3-11H2,1-2H3. The molecule has 0 saturated carbocycles. The van der Waals surface area contributed by atoms with Crippen LogP contribution in [-0.4, -0.2) is 40.9 Å². The van der Waals surface area contributed by atoms with Gasteiger partial charge in [-0.1, -0.05) is 13.3 Å². The molecule has 1 aromatic rings. The van der Waals surface area contributed by atoms with E-state index in [-0.39, 0.29) is 0 Å². The molecule has 4 nitrogen and oxygen atoms in total. The maximum atomic E-state index is 4.52. The van der Waals surface area contributed by atoms with Gasteiger partial charge in [-0.2, -0.15) is 5.10 Å². The van der Waals surface area contributed by atoms with E-state index in [2.05, 4.69) is 38.2 Å². The lowest BCUT2D eigenvalue weighted by Crippen LogP contribution is -2.35. The highest BCUT2D eigenvalue weighted by Gasteiger charge is 2.12. The highest BCUT2D eigenvalue weighted by molar-refractivity contribution is 9.10. The molecule has 108 valence electrons. The minimum Gasteiger partial charge on any atom is -0.310 e. The van der Waals surface area contributed by atoms with Crippen LogP contribution in [0.4, 0.5) is 0 Å². The molecular weight excluding hydrogens is 304 g/mol. The van der Waals surface area contributed by atoms with E-state index >= 15 is 0 Å². The number of hydrogen-bond acceptors (Lipinski definition) is 3. The molecule has 1 aliphatic rings. The van der Waals surface area contributed by atoms with Crippen LogP contribution in [0.3, 0.4) is 0 Å². The average molecular weight is 329 g/mol. The van der Waals surface area contributed by atoms with Crippen molar-refractivity contribution in [3.05, 3.63) is 15.9 Å². The van der Waals surface area contributed by atoms with E-state index in [9.17, 15) is 0 Å². The van der Waals surface area contributed by atoms with Gasteiger partial charge in [-0.15, -0.1) is 0 Å². The summed E-state index contributed by atoms with van der Waals surface area (Å²) in [6, 6.07) is 0. The molecule has 2 heterocycles. The lowest BCUT2D eigenvalue weighted by atomic mass is 10.1. The minimum absolute atomic E-state index is 0.887. The van der Waals surface area contributed by atoms with E-state index in [1.54, 1.807) is 0 Å². The van der Waals surface area contributed by atoms with Gasteiger partial charge < -0.3 is 10.2 Å². The SMILES string of the molecule is CCc1nn(C)c(CNCCN2CCCCC2)c1Br. The number of hydrogen-bond donors (Lipinski definition) is 1. The number of aromatic nitrogens is 2. The molecule has 0 bridgehead atoms. The lowest BCUT2D eigenvalue weighted by Gasteiger charge is -2.26. The third kappa shape index (κ3) is 4.04. The zero-order valence-electron chi connectivity index (χ0n) is 12.1. The zero-order chi connectivity index (χ0) is 13.7. The second-order valence-corrected chi connectivity index (χ2v) is 6.06. The summed E-state index contributed by atoms with van der Waals surface area (Å²) in [6.45, 7) is 7.79. The van der Waals surface area contributed by atoms with E-state index in [1.807, 2.05) is 11.7 Å². The Morgan fingerprint density at radius 3 is 2.63 bits per heavy atom. The van der Waals surface area contributed by atoms with Gasteiger partial charge in [0, 0.05) is 26.7 Å².